The van der Waals surface area contributed by atoms with Crippen LogP contribution in [-0.2, 0) is 6.54 Å². The zero-order chi connectivity index (χ0) is 10.7. The van der Waals surface area contributed by atoms with E-state index >= 15 is 0 Å². The first-order chi connectivity index (χ1) is 7.24. The van der Waals surface area contributed by atoms with Crippen LogP contribution >= 0.6 is 15.9 Å². The Hall–Kier alpha value is -0.380. The van der Waals surface area contributed by atoms with Crippen LogP contribution in [0.3, 0.4) is 0 Å². The Morgan fingerprint density at radius 1 is 1.27 bits per heavy atom. The van der Waals surface area contributed by atoms with E-state index in [0.717, 1.165) is 24.1 Å². The highest BCUT2D eigenvalue weighted by atomic mass is 79.9. The van der Waals surface area contributed by atoms with E-state index < -0.39 is 0 Å². The first-order valence-electron chi connectivity index (χ1n) is 5.39. The van der Waals surface area contributed by atoms with Crippen molar-refractivity contribution in [3.05, 3.63) is 34.3 Å². The van der Waals surface area contributed by atoms with E-state index in [1.807, 2.05) is 0 Å². The largest absolute Gasteiger partial charge is 0.330 e. The molecule has 0 heterocycles. The molecule has 0 bridgehead atoms. The lowest BCUT2D eigenvalue weighted by Crippen LogP contribution is -2.29. The molecule has 1 saturated carbocycles. The molecule has 2 nitrogen and oxygen atoms in total. The predicted octanol–water partition coefficient (Wildman–Crippen LogP) is 2.28. The van der Waals surface area contributed by atoms with Gasteiger partial charge in [-0.3, -0.25) is 0 Å². The number of nitrogens with one attached hydrogen (secondary N) is 1. The summed E-state index contributed by atoms with van der Waals surface area (Å²) in [5.41, 5.74) is 7.47. The zero-order valence-corrected chi connectivity index (χ0v) is 10.4. The third-order valence-corrected chi connectivity index (χ3v) is 3.66. The molecule has 0 saturated heterocycles. The van der Waals surface area contributed by atoms with Crippen molar-refractivity contribution in [2.45, 2.75) is 19.4 Å². The van der Waals surface area contributed by atoms with Crippen molar-refractivity contribution >= 4 is 15.9 Å². The van der Waals surface area contributed by atoms with E-state index in [-0.39, 0.29) is 0 Å². The van der Waals surface area contributed by atoms with Crippen LogP contribution in [0.4, 0.5) is 0 Å². The Bertz CT molecular complexity index is 317. The van der Waals surface area contributed by atoms with Crippen molar-refractivity contribution in [3.63, 3.8) is 0 Å². The molecule has 15 heavy (non-hydrogen) atoms. The molecule has 0 aromatic heterocycles. The Balaban J connectivity index is 1.76. The van der Waals surface area contributed by atoms with Crippen LogP contribution in [0.5, 0.6) is 0 Å². The average Bonchev–Trinajstić information content (AvgIpc) is 3.02. The van der Waals surface area contributed by atoms with Gasteiger partial charge in [-0.05, 0) is 42.5 Å². The van der Waals surface area contributed by atoms with Gasteiger partial charge in [0, 0.05) is 17.6 Å². The average molecular weight is 269 g/mol. The fraction of sp³-hybridized carbons (Fsp3) is 0.500. The molecule has 0 amide bonds. The molecule has 3 heteroatoms. The number of hydrogen-bond acceptors (Lipinski definition) is 2. The maximum absolute atomic E-state index is 5.72. The van der Waals surface area contributed by atoms with Gasteiger partial charge in [0.25, 0.3) is 0 Å². The van der Waals surface area contributed by atoms with Crippen LogP contribution in [0.25, 0.3) is 0 Å². The molecule has 0 aliphatic heterocycles. The van der Waals surface area contributed by atoms with Gasteiger partial charge in [0.1, 0.15) is 0 Å². The van der Waals surface area contributed by atoms with Crippen molar-refractivity contribution < 1.29 is 0 Å². The minimum atomic E-state index is 0.426. The number of nitrogens with two attached hydrogens (primary N) is 1. The molecule has 0 unspecified atom stereocenters. The van der Waals surface area contributed by atoms with Gasteiger partial charge >= 0.3 is 0 Å². The van der Waals surface area contributed by atoms with E-state index in [4.69, 9.17) is 5.73 Å². The van der Waals surface area contributed by atoms with Crippen molar-refractivity contribution in [1.82, 2.24) is 5.32 Å². The fourth-order valence-electron chi connectivity index (χ4n) is 1.70. The maximum Gasteiger partial charge on any atom is 0.0205 e. The molecule has 3 N–H and O–H groups in total. The SMILES string of the molecule is NCC1(CNCc2ccc(Br)cc2)CC1. The van der Waals surface area contributed by atoms with Gasteiger partial charge < -0.3 is 11.1 Å². The van der Waals surface area contributed by atoms with Crippen molar-refractivity contribution in [1.29, 1.82) is 0 Å². The Kier molecular flexibility index (Phi) is 3.44. The molecule has 82 valence electrons. The fourth-order valence-corrected chi connectivity index (χ4v) is 1.97. The molecule has 1 aromatic rings. The van der Waals surface area contributed by atoms with Gasteiger partial charge in [0.05, 0.1) is 0 Å². The first kappa shape index (κ1) is 11.1. The lowest BCUT2D eigenvalue weighted by molar-refractivity contribution is 0.468. The summed E-state index contributed by atoms with van der Waals surface area (Å²) in [5.74, 6) is 0. The first-order valence-corrected chi connectivity index (χ1v) is 6.19. The minimum Gasteiger partial charge on any atom is -0.330 e. The van der Waals surface area contributed by atoms with E-state index in [0.29, 0.717) is 5.41 Å². The molecular weight excluding hydrogens is 252 g/mol. The van der Waals surface area contributed by atoms with Crippen molar-refractivity contribution in [3.8, 4) is 0 Å². The van der Waals surface area contributed by atoms with Crippen molar-refractivity contribution in [2.75, 3.05) is 13.1 Å². The van der Waals surface area contributed by atoms with E-state index in [1.54, 1.807) is 0 Å². The predicted molar refractivity (Wildman–Crippen MR) is 66.6 cm³/mol. The second-order valence-electron chi connectivity index (χ2n) is 4.43. The summed E-state index contributed by atoms with van der Waals surface area (Å²) in [4.78, 5) is 0. The standard InChI is InChI=1S/C12H17BrN2/c13-11-3-1-10(2-4-11)7-15-9-12(8-14)5-6-12/h1-4,15H,5-9,14H2. The summed E-state index contributed by atoms with van der Waals surface area (Å²) in [6.07, 6.45) is 2.58. The van der Waals surface area contributed by atoms with Crippen LogP contribution in [0.1, 0.15) is 18.4 Å². The summed E-state index contributed by atoms with van der Waals surface area (Å²) in [5, 5.41) is 3.48. The number of halogens is 1. The van der Waals surface area contributed by atoms with Crippen molar-refractivity contribution in [2.24, 2.45) is 11.1 Å². The highest BCUT2D eigenvalue weighted by molar-refractivity contribution is 9.10. The molecule has 1 aliphatic carbocycles. The molecule has 0 radical (unpaired) electrons. The highest BCUT2D eigenvalue weighted by Crippen LogP contribution is 2.43. The van der Waals surface area contributed by atoms with Gasteiger partial charge in [-0.15, -0.1) is 0 Å². The topological polar surface area (TPSA) is 38.0 Å². The highest BCUT2D eigenvalue weighted by Gasteiger charge is 2.40. The maximum atomic E-state index is 5.72. The van der Waals surface area contributed by atoms with Crippen LogP contribution in [0.2, 0.25) is 0 Å². The van der Waals surface area contributed by atoms with Crippen LogP contribution in [0.15, 0.2) is 28.7 Å². The molecule has 0 atom stereocenters. The monoisotopic (exact) mass is 268 g/mol. The Morgan fingerprint density at radius 3 is 2.47 bits per heavy atom. The molecule has 0 spiro atoms. The molecule has 2 rings (SSSR count). The normalized spacial score (nSPS) is 17.7. The molecule has 1 fully saturated rings. The second kappa shape index (κ2) is 4.64. The third kappa shape index (κ3) is 3.03. The van der Waals surface area contributed by atoms with Gasteiger partial charge in [-0.1, -0.05) is 28.1 Å². The lowest BCUT2D eigenvalue weighted by Gasteiger charge is -2.13. The van der Waals surface area contributed by atoms with Crippen LogP contribution < -0.4 is 11.1 Å². The van der Waals surface area contributed by atoms with Gasteiger partial charge in [0.2, 0.25) is 0 Å². The van der Waals surface area contributed by atoms with Crippen LogP contribution in [0, 0.1) is 5.41 Å². The van der Waals surface area contributed by atoms with E-state index in [2.05, 4.69) is 45.5 Å². The number of benzene rings is 1. The molecular formula is C12H17BrN2. The van der Waals surface area contributed by atoms with Gasteiger partial charge in [-0.25, -0.2) is 0 Å². The Labute approximate surface area is 99.4 Å². The smallest absolute Gasteiger partial charge is 0.0205 e. The zero-order valence-electron chi connectivity index (χ0n) is 8.80. The van der Waals surface area contributed by atoms with E-state index in [9.17, 15) is 0 Å². The second-order valence-corrected chi connectivity index (χ2v) is 5.35. The minimum absolute atomic E-state index is 0.426. The van der Waals surface area contributed by atoms with Gasteiger partial charge in [0.15, 0.2) is 0 Å². The summed E-state index contributed by atoms with van der Waals surface area (Å²) in [7, 11) is 0. The number of rotatable bonds is 5. The van der Waals surface area contributed by atoms with Crippen LogP contribution in [-0.4, -0.2) is 13.1 Å². The third-order valence-electron chi connectivity index (χ3n) is 3.13. The molecule has 1 aromatic carbocycles. The number of hydrogen-bond donors (Lipinski definition) is 2. The molecule has 1 aliphatic rings. The summed E-state index contributed by atoms with van der Waals surface area (Å²) in [6.45, 7) is 2.81. The Morgan fingerprint density at radius 2 is 1.93 bits per heavy atom. The quantitative estimate of drug-likeness (QED) is 0.860. The summed E-state index contributed by atoms with van der Waals surface area (Å²) < 4.78 is 1.13. The lowest BCUT2D eigenvalue weighted by atomic mass is 10.1. The van der Waals surface area contributed by atoms with Gasteiger partial charge in [-0.2, -0.15) is 0 Å². The summed E-state index contributed by atoms with van der Waals surface area (Å²) >= 11 is 3.43. The summed E-state index contributed by atoms with van der Waals surface area (Å²) in [6, 6.07) is 8.43. The van der Waals surface area contributed by atoms with E-state index in [1.165, 1.54) is 18.4 Å².